The van der Waals surface area contributed by atoms with Crippen LogP contribution in [0.5, 0.6) is 0 Å². The fourth-order valence-corrected chi connectivity index (χ4v) is 3.71. The lowest BCUT2D eigenvalue weighted by atomic mass is 9.96. The van der Waals surface area contributed by atoms with Crippen molar-refractivity contribution in [3.05, 3.63) is 53.3 Å². The van der Waals surface area contributed by atoms with E-state index in [9.17, 15) is 22.4 Å². The molecule has 0 radical (unpaired) electrons. The number of piperidine rings is 1. The minimum absolute atomic E-state index is 0.0200. The van der Waals surface area contributed by atoms with Gasteiger partial charge in [-0.25, -0.2) is 4.39 Å². The summed E-state index contributed by atoms with van der Waals surface area (Å²) in [4.78, 5) is 14.0. The minimum atomic E-state index is -4.19. The van der Waals surface area contributed by atoms with Crippen molar-refractivity contribution in [1.29, 1.82) is 0 Å². The molecular weight excluding hydrogens is 398 g/mol. The molecule has 1 aliphatic rings. The molecule has 1 N–H and O–H groups in total. The Hall–Kier alpha value is -2.77. The summed E-state index contributed by atoms with van der Waals surface area (Å²) >= 11 is 0. The number of rotatable bonds is 6. The van der Waals surface area contributed by atoms with Crippen molar-refractivity contribution in [2.24, 2.45) is 5.92 Å². The highest BCUT2D eigenvalue weighted by Crippen LogP contribution is 2.36. The van der Waals surface area contributed by atoms with Gasteiger partial charge in [0.1, 0.15) is 5.82 Å². The van der Waals surface area contributed by atoms with Gasteiger partial charge in [0.2, 0.25) is 6.41 Å². The van der Waals surface area contributed by atoms with Gasteiger partial charge in [-0.2, -0.15) is 13.2 Å². The Morgan fingerprint density at radius 1 is 1.13 bits per heavy atom. The Morgan fingerprint density at radius 2 is 1.77 bits per heavy atom. The van der Waals surface area contributed by atoms with Gasteiger partial charge < -0.3 is 15.1 Å². The molecule has 0 atom stereocenters. The van der Waals surface area contributed by atoms with Crippen LogP contribution in [0.4, 0.5) is 34.6 Å². The Morgan fingerprint density at radius 3 is 2.33 bits per heavy atom. The maximum Gasteiger partial charge on any atom is 0.391 e. The number of aryl methyl sites for hydroxylation is 1. The van der Waals surface area contributed by atoms with Crippen LogP contribution in [-0.4, -0.2) is 37.6 Å². The Balaban J connectivity index is 1.66. The smallest absolute Gasteiger partial charge is 0.369 e. The van der Waals surface area contributed by atoms with E-state index in [1.54, 1.807) is 29.0 Å². The van der Waals surface area contributed by atoms with E-state index in [0.717, 1.165) is 23.2 Å². The summed E-state index contributed by atoms with van der Waals surface area (Å²) in [6.07, 6.45) is -3.46. The van der Waals surface area contributed by atoms with Crippen molar-refractivity contribution in [2.75, 3.05) is 30.4 Å². The number of benzene rings is 2. The lowest BCUT2D eigenvalue weighted by Gasteiger charge is -2.34. The van der Waals surface area contributed by atoms with Crippen molar-refractivity contribution in [1.82, 2.24) is 4.90 Å². The fourth-order valence-electron chi connectivity index (χ4n) is 3.71. The molecule has 4 nitrogen and oxygen atoms in total. The van der Waals surface area contributed by atoms with Crippen LogP contribution >= 0.6 is 0 Å². The van der Waals surface area contributed by atoms with Crippen LogP contribution in [0.1, 0.15) is 24.0 Å². The second kappa shape index (κ2) is 8.93. The number of hydrogen-bond donors (Lipinski definition) is 1. The zero-order valence-electron chi connectivity index (χ0n) is 17.0. The highest BCUT2D eigenvalue weighted by atomic mass is 19.4. The van der Waals surface area contributed by atoms with Gasteiger partial charge in [0, 0.05) is 38.1 Å². The molecule has 3 rings (SSSR count). The maximum absolute atomic E-state index is 14.7. The van der Waals surface area contributed by atoms with E-state index in [2.05, 4.69) is 5.32 Å². The summed E-state index contributed by atoms with van der Waals surface area (Å²) in [5.41, 5.74) is 3.67. The first-order valence-corrected chi connectivity index (χ1v) is 9.80. The average molecular weight is 423 g/mol. The maximum atomic E-state index is 14.7. The quantitative estimate of drug-likeness (QED) is 0.510. The van der Waals surface area contributed by atoms with Gasteiger partial charge >= 0.3 is 6.18 Å². The van der Waals surface area contributed by atoms with Gasteiger partial charge in [-0.3, -0.25) is 4.79 Å². The molecule has 8 heteroatoms. The number of nitrogens with one attached hydrogen (secondary N) is 1. The van der Waals surface area contributed by atoms with Gasteiger partial charge in [-0.05, 0) is 61.2 Å². The lowest BCUT2D eigenvalue weighted by molar-refractivity contribution is -0.179. The Labute approximate surface area is 173 Å². The van der Waals surface area contributed by atoms with E-state index < -0.39 is 17.9 Å². The number of alkyl halides is 3. The SMILES string of the molecule is Cc1cc(Nc2ccc(N3CCC(C(F)(F)F)CC3)c(F)c2)ccc1CN(C)C=O. The summed E-state index contributed by atoms with van der Waals surface area (Å²) in [5, 5.41) is 3.15. The summed E-state index contributed by atoms with van der Waals surface area (Å²) in [6, 6.07) is 10.4. The molecule has 1 fully saturated rings. The van der Waals surface area contributed by atoms with Crippen LogP contribution in [0.15, 0.2) is 36.4 Å². The van der Waals surface area contributed by atoms with Crippen molar-refractivity contribution >= 4 is 23.5 Å². The number of nitrogens with zero attached hydrogens (tertiary/aromatic N) is 2. The monoisotopic (exact) mass is 423 g/mol. The van der Waals surface area contributed by atoms with Crippen LogP contribution in [0.25, 0.3) is 0 Å². The van der Waals surface area contributed by atoms with E-state index >= 15 is 0 Å². The topological polar surface area (TPSA) is 35.6 Å². The Kier molecular flexibility index (Phi) is 6.53. The first-order valence-electron chi connectivity index (χ1n) is 9.80. The van der Waals surface area contributed by atoms with Gasteiger partial charge in [0.25, 0.3) is 0 Å². The predicted molar refractivity (Wildman–Crippen MR) is 109 cm³/mol. The van der Waals surface area contributed by atoms with Crippen LogP contribution in [0, 0.1) is 18.7 Å². The second-order valence-electron chi connectivity index (χ2n) is 7.76. The highest BCUT2D eigenvalue weighted by Gasteiger charge is 2.41. The molecule has 0 unspecified atom stereocenters. The van der Waals surface area contributed by atoms with E-state index in [1.165, 1.54) is 6.07 Å². The fraction of sp³-hybridized carbons (Fsp3) is 0.409. The number of amides is 1. The van der Waals surface area contributed by atoms with Crippen LogP contribution < -0.4 is 10.2 Å². The Bertz CT molecular complexity index is 892. The molecule has 2 aromatic rings. The largest absolute Gasteiger partial charge is 0.391 e. The zero-order valence-corrected chi connectivity index (χ0v) is 17.0. The van der Waals surface area contributed by atoms with E-state index in [0.29, 0.717) is 17.9 Å². The van der Waals surface area contributed by atoms with Gasteiger partial charge in [0.15, 0.2) is 0 Å². The molecular formula is C22H25F4N3O. The first-order chi connectivity index (χ1) is 14.2. The molecule has 162 valence electrons. The summed E-state index contributed by atoms with van der Waals surface area (Å²) in [6.45, 7) is 2.81. The molecule has 0 spiro atoms. The van der Waals surface area contributed by atoms with E-state index in [1.807, 2.05) is 25.1 Å². The molecule has 0 bridgehead atoms. The third kappa shape index (κ3) is 5.23. The minimum Gasteiger partial charge on any atom is -0.369 e. The number of carbonyl (C=O) groups excluding carboxylic acids is 1. The first kappa shape index (κ1) is 21.9. The third-order valence-electron chi connectivity index (χ3n) is 5.48. The van der Waals surface area contributed by atoms with Crippen LogP contribution in [0.3, 0.4) is 0 Å². The number of hydrogen-bond acceptors (Lipinski definition) is 3. The van der Waals surface area contributed by atoms with Gasteiger partial charge in [-0.1, -0.05) is 6.07 Å². The van der Waals surface area contributed by atoms with Crippen molar-refractivity contribution < 1.29 is 22.4 Å². The van der Waals surface area contributed by atoms with Gasteiger partial charge in [-0.15, -0.1) is 0 Å². The molecule has 2 aromatic carbocycles. The molecule has 0 saturated carbocycles. The van der Waals surface area contributed by atoms with Crippen molar-refractivity contribution in [3.63, 3.8) is 0 Å². The molecule has 1 aliphatic heterocycles. The van der Waals surface area contributed by atoms with Crippen LogP contribution in [-0.2, 0) is 11.3 Å². The lowest BCUT2D eigenvalue weighted by Crippen LogP contribution is -2.39. The molecule has 1 heterocycles. The van der Waals surface area contributed by atoms with Gasteiger partial charge in [0.05, 0.1) is 11.6 Å². The molecule has 0 aliphatic carbocycles. The summed E-state index contributed by atoms with van der Waals surface area (Å²) < 4.78 is 53.1. The summed E-state index contributed by atoms with van der Waals surface area (Å²) in [7, 11) is 1.70. The molecule has 30 heavy (non-hydrogen) atoms. The third-order valence-corrected chi connectivity index (χ3v) is 5.48. The van der Waals surface area contributed by atoms with Crippen molar-refractivity contribution in [2.45, 2.75) is 32.5 Å². The standard InChI is InChI=1S/C22H25F4N3O/c1-15-11-18(4-3-16(15)13-28(2)14-30)27-19-5-6-21(20(23)12-19)29-9-7-17(8-10-29)22(24,25)26/h3-6,11-12,14,17,27H,7-10,13H2,1-2H3. The molecule has 1 amide bonds. The van der Waals surface area contributed by atoms with E-state index in [4.69, 9.17) is 0 Å². The number of carbonyl (C=O) groups is 1. The number of halogens is 4. The normalized spacial score (nSPS) is 15.2. The predicted octanol–water partition coefficient (Wildman–Crippen LogP) is 5.24. The average Bonchev–Trinajstić information content (AvgIpc) is 2.69. The molecule has 1 saturated heterocycles. The van der Waals surface area contributed by atoms with E-state index in [-0.39, 0.29) is 25.9 Å². The van der Waals surface area contributed by atoms with Crippen molar-refractivity contribution in [3.8, 4) is 0 Å². The highest BCUT2D eigenvalue weighted by molar-refractivity contribution is 5.64. The molecule has 0 aromatic heterocycles. The summed E-state index contributed by atoms with van der Waals surface area (Å²) in [5.74, 6) is -1.78. The second-order valence-corrected chi connectivity index (χ2v) is 7.76. The van der Waals surface area contributed by atoms with Crippen LogP contribution in [0.2, 0.25) is 0 Å². The zero-order chi connectivity index (χ0) is 21.9. The number of anilines is 3.